The van der Waals surface area contributed by atoms with E-state index in [4.69, 9.17) is 10.8 Å². The second-order valence-corrected chi connectivity index (χ2v) is 9.53. The average Bonchev–Trinajstić information content (AvgIpc) is 2.67. The van der Waals surface area contributed by atoms with Gasteiger partial charge in [0.15, 0.2) is 0 Å². The van der Waals surface area contributed by atoms with Gasteiger partial charge in [0.2, 0.25) is 5.91 Å². The first kappa shape index (κ1) is 28.4. The Kier molecular flexibility index (Phi) is 19.0. The zero-order valence-corrected chi connectivity index (χ0v) is 19.9. The van der Waals surface area contributed by atoms with Gasteiger partial charge in [-0.25, -0.2) is 0 Å². The average molecular weight is 413 g/mol. The lowest BCUT2D eigenvalue weighted by Gasteiger charge is -2.30. The highest BCUT2D eigenvalue weighted by Gasteiger charge is 2.24. The fourth-order valence-electron chi connectivity index (χ4n) is 3.88. The lowest BCUT2D eigenvalue weighted by Crippen LogP contribution is -2.47. The Balaban J connectivity index is 3.40. The first-order valence-electron chi connectivity index (χ1n) is 12.6. The number of carbonyl (C=O) groups is 1. The van der Waals surface area contributed by atoms with Crippen molar-refractivity contribution in [2.45, 2.75) is 135 Å². The molecule has 0 spiro atoms. The van der Waals surface area contributed by atoms with Crippen molar-refractivity contribution >= 4 is 5.91 Å². The first-order valence-corrected chi connectivity index (χ1v) is 12.6. The molecule has 1 amide bonds. The summed E-state index contributed by atoms with van der Waals surface area (Å²) >= 11 is 0. The fourth-order valence-corrected chi connectivity index (χ4v) is 3.88. The molecule has 0 aromatic heterocycles. The van der Waals surface area contributed by atoms with Crippen LogP contribution in [0.3, 0.4) is 0 Å². The molecule has 0 saturated carbocycles. The summed E-state index contributed by atoms with van der Waals surface area (Å²) in [6.45, 7) is 6.85. The zero-order valence-electron chi connectivity index (χ0n) is 19.9. The Morgan fingerprint density at radius 2 is 1.24 bits per heavy atom. The SMILES string of the molecule is CCCCCCCCCCCCCCCCCC(=O)NCC(CCO)C(C)(C)N. The Morgan fingerprint density at radius 1 is 0.828 bits per heavy atom. The van der Waals surface area contributed by atoms with Crippen LogP contribution in [-0.4, -0.2) is 29.7 Å². The van der Waals surface area contributed by atoms with Gasteiger partial charge in [-0.15, -0.1) is 0 Å². The summed E-state index contributed by atoms with van der Waals surface area (Å²) in [6, 6.07) is 0. The van der Waals surface area contributed by atoms with Gasteiger partial charge in [0.25, 0.3) is 0 Å². The van der Waals surface area contributed by atoms with Gasteiger partial charge < -0.3 is 16.2 Å². The Morgan fingerprint density at radius 3 is 1.62 bits per heavy atom. The van der Waals surface area contributed by atoms with Gasteiger partial charge in [-0.2, -0.15) is 0 Å². The van der Waals surface area contributed by atoms with Crippen molar-refractivity contribution in [2.75, 3.05) is 13.2 Å². The molecule has 0 fully saturated rings. The summed E-state index contributed by atoms with van der Waals surface area (Å²) < 4.78 is 0. The van der Waals surface area contributed by atoms with Crippen LogP contribution in [0.15, 0.2) is 0 Å². The van der Waals surface area contributed by atoms with Gasteiger partial charge in [-0.3, -0.25) is 4.79 Å². The minimum atomic E-state index is -0.384. The summed E-state index contributed by atoms with van der Waals surface area (Å²) in [5, 5.41) is 12.1. The van der Waals surface area contributed by atoms with Crippen LogP contribution in [0.2, 0.25) is 0 Å². The third-order valence-electron chi connectivity index (χ3n) is 6.08. The highest BCUT2D eigenvalue weighted by Crippen LogP contribution is 2.17. The largest absolute Gasteiger partial charge is 0.396 e. The molecule has 0 aliphatic rings. The summed E-state index contributed by atoms with van der Waals surface area (Å²) in [7, 11) is 0. The number of amides is 1. The van der Waals surface area contributed by atoms with Gasteiger partial charge >= 0.3 is 0 Å². The molecule has 29 heavy (non-hydrogen) atoms. The Hall–Kier alpha value is -0.610. The molecule has 0 aliphatic heterocycles. The van der Waals surface area contributed by atoms with Crippen molar-refractivity contribution < 1.29 is 9.90 Å². The maximum atomic E-state index is 12.0. The van der Waals surface area contributed by atoms with E-state index in [0.29, 0.717) is 19.4 Å². The van der Waals surface area contributed by atoms with E-state index in [1.807, 2.05) is 13.8 Å². The third-order valence-corrected chi connectivity index (χ3v) is 6.08. The lowest BCUT2D eigenvalue weighted by molar-refractivity contribution is -0.121. The maximum absolute atomic E-state index is 12.0. The van der Waals surface area contributed by atoms with Gasteiger partial charge in [-0.1, -0.05) is 96.8 Å². The number of unbranched alkanes of at least 4 members (excludes halogenated alkanes) is 14. The minimum absolute atomic E-state index is 0.109. The van der Waals surface area contributed by atoms with Crippen LogP contribution in [0.4, 0.5) is 0 Å². The van der Waals surface area contributed by atoms with Crippen molar-refractivity contribution in [3.05, 3.63) is 0 Å². The van der Waals surface area contributed by atoms with Crippen molar-refractivity contribution in [2.24, 2.45) is 11.7 Å². The number of nitrogens with two attached hydrogens (primary N) is 1. The molecule has 1 unspecified atom stereocenters. The van der Waals surface area contributed by atoms with Crippen LogP contribution in [0.25, 0.3) is 0 Å². The summed E-state index contributed by atoms with van der Waals surface area (Å²) in [5.74, 6) is 0.226. The van der Waals surface area contributed by atoms with Crippen molar-refractivity contribution in [1.29, 1.82) is 0 Å². The number of nitrogens with one attached hydrogen (secondary N) is 1. The number of aliphatic hydroxyl groups excluding tert-OH is 1. The summed E-state index contributed by atoms with van der Waals surface area (Å²) in [6.07, 6.45) is 21.3. The molecule has 0 bridgehead atoms. The molecular weight excluding hydrogens is 360 g/mol. The number of carbonyl (C=O) groups excluding carboxylic acids is 1. The smallest absolute Gasteiger partial charge is 0.220 e. The molecule has 0 aromatic rings. The van der Waals surface area contributed by atoms with Gasteiger partial charge in [0.1, 0.15) is 0 Å². The monoisotopic (exact) mass is 412 g/mol. The molecule has 4 heteroatoms. The van der Waals surface area contributed by atoms with E-state index in [0.717, 1.165) is 12.8 Å². The third kappa shape index (κ3) is 19.1. The van der Waals surface area contributed by atoms with Crippen molar-refractivity contribution in [3.8, 4) is 0 Å². The van der Waals surface area contributed by atoms with E-state index >= 15 is 0 Å². The van der Waals surface area contributed by atoms with E-state index in [1.165, 1.54) is 83.5 Å². The van der Waals surface area contributed by atoms with E-state index in [1.54, 1.807) is 0 Å². The normalized spacial score (nSPS) is 12.9. The van der Waals surface area contributed by atoms with Crippen LogP contribution in [0.1, 0.15) is 130 Å². The Labute approximate surface area is 181 Å². The van der Waals surface area contributed by atoms with Gasteiger partial charge in [0, 0.05) is 25.1 Å². The molecule has 1 atom stereocenters. The van der Waals surface area contributed by atoms with E-state index in [-0.39, 0.29) is 24.0 Å². The van der Waals surface area contributed by atoms with Crippen LogP contribution >= 0.6 is 0 Å². The van der Waals surface area contributed by atoms with Crippen LogP contribution in [-0.2, 0) is 4.79 Å². The number of rotatable bonds is 21. The van der Waals surface area contributed by atoms with Crippen molar-refractivity contribution in [1.82, 2.24) is 5.32 Å². The molecule has 0 aromatic carbocycles. The Bertz CT molecular complexity index is 366. The predicted octanol–water partition coefficient (Wildman–Crippen LogP) is 6.10. The second-order valence-electron chi connectivity index (χ2n) is 9.53. The molecule has 4 N–H and O–H groups in total. The molecule has 0 heterocycles. The maximum Gasteiger partial charge on any atom is 0.220 e. The minimum Gasteiger partial charge on any atom is -0.396 e. The fraction of sp³-hybridized carbons (Fsp3) is 0.960. The molecular formula is C25H52N2O2. The van der Waals surface area contributed by atoms with Crippen molar-refractivity contribution in [3.63, 3.8) is 0 Å². The molecule has 0 saturated heterocycles. The highest BCUT2D eigenvalue weighted by atomic mass is 16.3. The molecule has 174 valence electrons. The first-order chi connectivity index (χ1) is 13.9. The number of hydrogen-bond donors (Lipinski definition) is 3. The molecule has 0 radical (unpaired) electrons. The number of hydrogen-bond acceptors (Lipinski definition) is 3. The lowest BCUT2D eigenvalue weighted by atomic mass is 9.86. The second kappa shape index (κ2) is 19.4. The highest BCUT2D eigenvalue weighted by molar-refractivity contribution is 5.75. The summed E-state index contributed by atoms with van der Waals surface area (Å²) in [4.78, 5) is 12.0. The van der Waals surface area contributed by atoms with Crippen LogP contribution < -0.4 is 11.1 Å². The van der Waals surface area contributed by atoms with Gasteiger partial charge in [0.05, 0.1) is 0 Å². The zero-order chi connectivity index (χ0) is 21.8. The molecule has 4 nitrogen and oxygen atoms in total. The standard InChI is InChI=1S/C25H52N2O2/c1-4-5-6-7-8-9-10-11-12-13-14-15-16-17-18-19-24(29)27-22-23(20-21-28)25(2,3)26/h23,28H,4-22,26H2,1-3H3,(H,27,29). The summed E-state index contributed by atoms with van der Waals surface area (Å²) in [5.41, 5.74) is 5.74. The van der Waals surface area contributed by atoms with Crippen LogP contribution in [0, 0.1) is 5.92 Å². The molecule has 0 rings (SSSR count). The van der Waals surface area contributed by atoms with E-state index in [2.05, 4.69) is 12.2 Å². The van der Waals surface area contributed by atoms with E-state index < -0.39 is 0 Å². The molecule has 0 aliphatic carbocycles. The van der Waals surface area contributed by atoms with Gasteiger partial charge in [-0.05, 0) is 32.6 Å². The topological polar surface area (TPSA) is 75.3 Å². The number of aliphatic hydroxyl groups is 1. The quantitative estimate of drug-likeness (QED) is 0.199. The predicted molar refractivity (Wildman–Crippen MR) is 126 cm³/mol. The van der Waals surface area contributed by atoms with E-state index in [9.17, 15) is 4.79 Å². The van der Waals surface area contributed by atoms with Crippen LogP contribution in [0.5, 0.6) is 0 Å².